The summed E-state index contributed by atoms with van der Waals surface area (Å²) in [5.74, 6) is -0.448. The van der Waals surface area contributed by atoms with Gasteiger partial charge in [0, 0.05) is 6.20 Å². The molecule has 0 unspecified atom stereocenters. The van der Waals surface area contributed by atoms with Crippen molar-refractivity contribution in [3.63, 3.8) is 0 Å². The van der Waals surface area contributed by atoms with Crippen molar-refractivity contribution in [2.24, 2.45) is 5.92 Å². The van der Waals surface area contributed by atoms with Gasteiger partial charge in [0.25, 0.3) is 0 Å². The smallest absolute Gasteiger partial charge is 0.332 e. The summed E-state index contributed by atoms with van der Waals surface area (Å²) in [6.07, 6.45) is 2.24. The molecule has 6 heteroatoms. The van der Waals surface area contributed by atoms with Crippen LogP contribution in [-0.2, 0) is 16.0 Å². The number of nitrogens with one attached hydrogen (secondary N) is 1. The van der Waals surface area contributed by atoms with Crippen LogP contribution in [0.1, 0.15) is 33.3 Å². The van der Waals surface area contributed by atoms with E-state index in [2.05, 4.69) is 9.97 Å². The van der Waals surface area contributed by atoms with E-state index in [1.165, 1.54) is 4.57 Å². The number of aromatic amines is 1. The second-order valence-electron chi connectivity index (χ2n) is 7.45. The van der Waals surface area contributed by atoms with E-state index < -0.39 is 5.60 Å². The van der Waals surface area contributed by atoms with E-state index in [1.54, 1.807) is 12.3 Å². The van der Waals surface area contributed by atoms with E-state index in [4.69, 9.17) is 4.74 Å². The summed E-state index contributed by atoms with van der Waals surface area (Å²) in [5.41, 5.74) is 2.31. The number of benzene rings is 1. The number of carbonyl (C=O) groups excluding carboxylic acids is 1. The van der Waals surface area contributed by atoms with E-state index in [-0.39, 0.29) is 17.6 Å². The van der Waals surface area contributed by atoms with Crippen molar-refractivity contribution in [2.45, 2.75) is 39.7 Å². The maximum Gasteiger partial charge on any atom is 0.332 e. The average Bonchev–Trinajstić information content (AvgIpc) is 2.90. The molecule has 1 atom stereocenters. The lowest BCUT2D eigenvalue weighted by atomic mass is 10.0. The Labute approximate surface area is 151 Å². The van der Waals surface area contributed by atoms with Crippen LogP contribution < -0.4 is 5.69 Å². The van der Waals surface area contributed by atoms with Crippen LogP contribution in [0.5, 0.6) is 0 Å². The lowest BCUT2D eigenvalue weighted by Crippen LogP contribution is -2.28. The molecule has 3 rings (SSSR count). The summed E-state index contributed by atoms with van der Waals surface area (Å²) in [6, 6.07) is 11.2. The average molecular weight is 353 g/mol. The first kappa shape index (κ1) is 17.9. The number of H-pyrrole nitrogens is 1. The highest BCUT2D eigenvalue weighted by atomic mass is 16.6. The fraction of sp³-hybridized carbons (Fsp3) is 0.350. The van der Waals surface area contributed by atoms with Crippen molar-refractivity contribution in [3.05, 3.63) is 58.6 Å². The summed E-state index contributed by atoms with van der Waals surface area (Å²) < 4.78 is 6.96. The quantitative estimate of drug-likeness (QED) is 0.731. The Morgan fingerprint density at radius 2 is 1.92 bits per heavy atom. The number of fused-ring (bicyclic) bond motifs is 1. The zero-order valence-electron chi connectivity index (χ0n) is 15.4. The Kier molecular flexibility index (Phi) is 4.68. The molecular weight excluding hydrogens is 330 g/mol. The molecule has 0 aliphatic rings. The Balaban J connectivity index is 1.79. The van der Waals surface area contributed by atoms with Crippen molar-refractivity contribution in [2.75, 3.05) is 0 Å². The molecule has 136 valence electrons. The highest BCUT2D eigenvalue weighted by Crippen LogP contribution is 2.18. The van der Waals surface area contributed by atoms with Crippen molar-refractivity contribution in [1.29, 1.82) is 0 Å². The lowest BCUT2D eigenvalue weighted by Gasteiger charge is -2.22. The zero-order chi connectivity index (χ0) is 18.9. The standard InChI is InChI=1S/C20H23N3O3/c1-13(18(24)26-20(2,3)4)12-14-7-9-15(10-8-14)23-17-16(22-19(23)25)6-5-11-21-17/h5-11,13H,12H2,1-4H3,(H,22,25)/t13-/m0/s1. The van der Waals surface area contributed by atoms with Gasteiger partial charge in [0.2, 0.25) is 0 Å². The molecule has 2 aromatic heterocycles. The molecule has 0 amide bonds. The highest BCUT2D eigenvalue weighted by molar-refractivity contribution is 5.73. The Hall–Kier alpha value is -2.89. The summed E-state index contributed by atoms with van der Waals surface area (Å²) in [5, 5.41) is 0. The summed E-state index contributed by atoms with van der Waals surface area (Å²) in [7, 11) is 0. The molecular formula is C20H23N3O3. The van der Waals surface area contributed by atoms with Crippen LogP contribution in [0.15, 0.2) is 47.4 Å². The van der Waals surface area contributed by atoms with Gasteiger partial charge in [-0.15, -0.1) is 0 Å². The van der Waals surface area contributed by atoms with Crippen LogP contribution in [0.3, 0.4) is 0 Å². The molecule has 0 saturated carbocycles. The molecule has 1 N–H and O–H groups in total. The molecule has 0 aliphatic heterocycles. The van der Waals surface area contributed by atoms with Crippen LogP contribution in [0.4, 0.5) is 0 Å². The summed E-state index contributed by atoms with van der Waals surface area (Å²) in [4.78, 5) is 31.4. The Morgan fingerprint density at radius 3 is 2.58 bits per heavy atom. The van der Waals surface area contributed by atoms with Gasteiger partial charge in [-0.3, -0.25) is 4.79 Å². The summed E-state index contributed by atoms with van der Waals surface area (Å²) >= 11 is 0. The molecule has 3 aromatic rings. The fourth-order valence-corrected chi connectivity index (χ4v) is 2.80. The van der Waals surface area contributed by atoms with Gasteiger partial charge in [-0.2, -0.15) is 0 Å². The van der Waals surface area contributed by atoms with E-state index in [1.807, 2.05) is 58.0 Å². The molecule has 26 heavy (non-hydrogen) atoms. The normalized spacial score (nSPS) is 12.9. The second kappa shape index (κ2) is 6.78. The minimum Gasteiger partial charge on any atom is -0.460 e. The number of hydrogen-bond acceptors (Lipinski definition) is 4. The maximum atomic E-state index is 12.2. The zero-order valence-corrected chi connectivity index (χ0v) is 15.4. The number of carbonyl (C=O) groups is 1. The number of nitrogens with zero attached hydrogens (tertiary/aromatic N) is 2. The Bertz CT molecular complexity index is 978. The SMILES string of the molecule is C[C@@H](Cc1ccc(-n2c(=O)[nH]c3cccnc32)cc1)C(=O)OC(C)(C)C. The van der Waals surface area contributed by atoms with Crippen LogP contribution >= 0.6 is 0 Å². The number of imidazole rings is 1. The molecule has 0 saturated heterocycles. The van der Waals surface area contributed by atoms with Crippen molar-refractivity contribution >= 4 is 17.1 Å². The number of hydrogen-bond donors (Lipinski definition) is 1. The predicted molar refractivity (Wildman–Crippen MR) is 100 cm³/mol. The van der Waals surface area contributed by atoms with Crippen LogP contribution in [0, 0.1) is 5.92 Å². The molecule has 1 aromatic carbocycles. The topological polar surface area (TPSA) is 77.0 Å². The van der Waals surface area contributed by atoms with Gasteiger partial charge in [-0.1, -0.05) is 19.1 Å². The number of rotatable bonds is 4. The third kappa shape index (κ3) is 3.85. The molecule has 2 heterocycles. The lowest BCUT2D eigenvalue weighted by molar-refractivity contribution is -0.159. The molecule has 0 spiro atoms. The minimum atomic E-state index is -0.487. The largest absolute Gasteiger partial charge is 0.460 e. The van der Waals surface area contributed by atoms with E-state index in [0.29, 0.717) is 17.6 Å². The first-order valence-corrected chi connectivity index (χ1v) is 8.62. The van der Waals surface area contributed by atoms with E-state index in [9.17, 15) is 9.59 Å². The monoisotopic (exact) mass is 353 g/mol. The molecule has 0 aliphatic carbocycles. The van der Waals surface area contributed by atoms with E-state index >= 15 is 0 Å². The van der Waals surface area contributed by atoms with Gasteiger partial charge < -0.3 is 9.72 Å². The van der Waals surface area contributed by atoms with Crippen LogP contribution in [0.25, 0.3) is 16.9 Å². The third-order valence-corrected chi connectivity index (χ3v) is 3.99. The van der Waals surface area contributed by atoms with Gasteiger partial charge in [0.1, 0.15) is 5.60 Å². The van der Waals surface area contributed by atoms with Gasteiger partial charge in [-0.25, -0.2) is 14.3 Å². The third-order valence-electron chi connectivity index (χ3n) is 3.99. The van der Waals surface area contributed by atoms with E-state index in [0.717, 1.165) is 11.3 Å². The first-order chi connectivity index (χ1) is 12.2. The second-order valence-corrected chi connectivity index (χ2v) is 7.45. The Morgan fingerprint density at radius 1 is 1.23 bits per heavy atom. The van der Waals surface area contributed by atoms with Gasteiger partial charge >= 0.3 is 11.7 Å². The number of esters is 1. The van der Waals surface area contributed by atoms with Crippen molar-refractivity contribution < 1.29 is 9.53 Å². The van der Waals surface area contributed by atoms with Crippen molar-refractivity contribution in [1.82, 2.24) is 14.5 Å². The molecule has 0 radical (unpaired) electrons. The minimum absolute atomic E-state index is 0.210. The number of pyridine rings is 1. The number of ether oxygens (including phenoxy) is 1. The summed E-state index contributed by atoms with van der Waals surface area (Å²) in [6.45, 7) is 7.44. The number of aromatic nitrogens is 3. The van der Waals surface area contributed by atoms with Gasteiger partial charge in [-0.05, 0) is 57.0 Å². The van der Waals surface area contributed by atoms with Crippen LogP contribution in [0.2, 0.25) is 0 Å². The first-order valence-electron chi connectivity index (χ1n) is 8.62. The molecule has 0 bridgehead atoms. The van der Waals surface area contributed by atoms with Crippen molar-refractivity contribution in [3.8, 4) is 5.69 Å². The predicted octanol–water partition coefficient (Wildman–Crippen LogP) is 3.23. The molecule has 0 fully saturated rings. The van der Waals surface area contributed by atoms with Gasteiger partial charge in [0.05, 0.1) is 17.1 Å². The fourth-order valence-electron chi connectivity index (χ4n) is 2.80. The maximum absolute atomic E-state index is 12.2. The molecule has 6 nitrogen and oxygen atoms in total. The van der Waals surface area contributed by atoms with Gasteiger partial charge in [0.15, 0.2) is 5.65 Å². The van der Waals surface area contributed by atoms with Crippen LogP contribution in [-0.4, -0.2) is 26.1 Å². The highest BCUT2D eigenvalue weighted by Gasteiger charge is 2.22.